The van der Waals surface area contributed by atoms with E-state index >= 15 is 0 Å². The number of carbonyl (C=O) groups is 1. The van der Waals surface area contributed by atoms with Gasteiger partial charge < -0.3 is 15.4 Å². The molecular formula is C17H30N2O2. The Balaban J connectivity index is 1.74. The number of amides is 1. The van der Waals surface area contributed by atoms with Gasteiger partial charge in [0.15, 0.2) is 0 Å². The number of allylic oxidation sites excluding steroid dienone is 1. The Hall–Kier alpha value is -1.03. The number of nitrogens with one attached hydrogen (secondary N) is 2. The topological polar surface area (TPSA) is 50.4 Å². The Morgan fingerprint density at radius 3 is 2.81 bits per heavy atom. The predicted molar refractivity (Wildman–Crippen MR) is 85.2 cm³/mol. The highest BCUT2D eigenvalue weighted by Gasteiger charge is 2.41. The fraction of sp³-hybridized carbons (Fsp3) is 0.824. The van der Waals surface area contributed by atoms with Crippen molar-refractivity contribution in [3.8, 4) is 0 Å². The summed E-state index contributed by atoms with van der Waals surface area (Å²) < 4.78 is 5.29. The van der Waals surface area contributed by atoms with Crippen LogP contribution in [0.25, 0.3) is 0 Å². The van der Waals surface area contributed by atoms with Crippen LogP contribution in [0.4, 0.5) is 4.79 Å². The van der Waals surface area contributed by atoms with Crippen LogP contribution in [0.5, 0.6) is 0 Å². The molecule has 0 saturated heterocycles. The molecule has 1 fully saturated rings. The van der Waals surface area contributed by atoms with Gasteiger partial charge in [0.25, 0.3) is 0 Å². The predicted octanol–water partition coefficient (Wildman–Crippen LogP) is 3.23. The molecule has 0 aliphatic heterocycles. The number of hydrogen-bond donors (Lipinski definition) is 2. The van der Waals surface area contributed by atoms with Crippen molar-refractivity contribution in [1.82, 2.24) is 10.6 Å². The summed E-state index contributed by atoms with van der Waals surface area (Å²) in [5.41, 5.74) is -0.437. The third kappa shape index (κ3) is 4.73. The van der Waals surface area contributed by atoms with E-state index < -0.39 is 5.60 Å². The highest BCUT2D eigenvalue weighted by atomic mass is 16.6. The van der Waals surface area contributed by atoms with Crippen molar-refractivity contribution in [2.45, 2.75) is 71.1 Å². The van der Waals surface area contributed by atoms with E-state index in [0.717, 1.165) is 18.8 Å². The molecule has 4 heteroatoms. The van der Waals surface area contributed by atoms with E-state index in [-0.39, 0.29) is 6.09 Å². The second-order valence-electron chi connectivity index (χ2n) is 7.38. The summed E-state index contributed by atoms with van der Waals surface area (Å²) in [7, 11) is 0. The first-order chi connectivity index (χ1) is 9.89. The van der Waals surface area contributed by atoms with Crippen molar-refractivity contribution in [2.24, 2.45) is 11.8 Å². The quantitative estimate of drug-likeness (QED) is 0.739. The zero-order valence-electron chi connectivity index (χ0n) is 13.8. The number of ether oxygens (including phenoxy) is 1. The van der Waals surface area contributed by atoms with Gasteiger partial charge in [-0.05, 0) is 51.9 Å². The van der Waals surface area contributed by atoms with Crippen LogP contribution in [-0.2, 0) is 4.74 Å². The molecule has 21 heavy (non-hydrogen) atoms. The molecule has 2 N–H and O–H groups in total. The number of fused-ring (bicyclic) bond motifs is 1. The molecule has 2 aliphatic rings. The zero-order valence-corrected chi connectivity index (χ0v) is 13.8. The number of hydrogen-bond acceptors (Lipinski definition) is 3. The third-order valence-electron chi connectivity index (χ3n) is 4.34. The minimum absolute atomic E-state index is 0.322. The van der Waals surface area contributed by atoms with Crippen molar-refractivity contribution >= 4 is 6.09 Å². The minimum Gasteiger partial charge on any atom is -0.444 e. The first-order valence-electron chi connectivity index (χ1n) is 8.28. The van der Waals surface area contributed by atoms with Gasteiger partial charge >= 0.3 is 6.09 Å². The van der Waals surface area contributed by atoms with Crippen LogP contribution in [-0.4, -0.2) is 30.3 Å². The van der Waals surface area contributed by atoms with Gasteiger partial charge in [0, 0.05) is 18.6 Å². The van der Waals surface area contributed by atoms with E-state index in [1.807, 2.05) is 20.8 Å². The van der Waals surface area contributed by atoms with Gasteiger partial charge in [0.2, 0.25) is 0 Å². The third-order valence-corrected chi connectivity index (χ3v) is 4.34. The lowest BCUT2D eigenvalue weighted by molar-refractivity contribution is 0.0516. The fourth-order valence-corrected chi connectivity index (χ4v) is 3.32. The number of alkyl carbamates (subject to hydrolysis) is 1. The van der Waals surface area contributed by atoms with Crippen molar-refractivity contribution < 1.29 is 9.53 Å². The largest absolute Gasteiger partial charge is 0.444 e. The summed E-state index contributed by atoms with van der Waals surface area (Å²) in [6, 6.07) is 0.924. The molecule has 2 rings (SSSR count). The Morgan fingerprint density at radius 1 is 1.43 bits per heavy atom. The molecule has 120 valence electrons. The molecule has 0 spiro atoms. The number of carbonyl (C=O) groups excluding carboxylic acids is 1. The summed E-state index contributed by atoms with van der Waals surface area (Å²) in [5, 5.41) is 6.62. The van der Waals surface area contributed by atoms with Crippen LogP contribution in [0.15, 0.2) is 12.2 Å². The lowest BCUT2D eigenvalue weighted by Gasteiger charge is -2.43. The minimum atomic E-state index is -0.437. The van der Waals surface area contributed by atoms with E-state index in [0.29, 0.717) is 24.5 Å². The molecule has 0 heterocycles. The van der Waals surface area contributed by atoms with Gasteiger partial charge in [-0.1, -0.05) is 25.5 Å². The summed E-state index contributed by atoms with van der Waals surface area (Å²) in [5.74, 6) is 1.58. The molecule has 0 aromatic heterocycles. The Labute approximate surface area is 128 Å². The maximum Gasteiger partial charge on any atom is 0.407 e. The van der Waals surface area contributed by atoms with E-state index in [4.69, 9.17) is 4.74 Å². The van der Waals surface area contributed by atoms with E-state index in [9.17, 15) is 4.79 Å². The summed E-state index contributed by atoms with van der Waals surface area (Å²) in [6.07, 6.45) is 9.05. The summed E-state index contributed by atoms with van der Waals surface area (Å²) in [4.78, 5) is 11.7. The second kappa shape index (κ2) is 6.82. The van der Waals surface area contributed by atoms with E-state index in [1.165, 1.54) is 12.8 Å². The Morgan fingerprint density at radius 2 is 2.19 bits per heavy atom. The average molecular weight is 294 g/mol. The van der Waals surface area contributed by atoms with Gasteiger partial charge in [0.1, 0.15) is 5.60 Å². The van der Waals surface area contributed by atoms with Crippen LogP contribution in [0.3, 0.4) is 0 Å². The van der Waals surface area contributed by atoms with Crippen LogP contribution >= 0.6 is 0 Å². The smallest absolute Gasteiger partial charge is 0.407 e. The molecule has 4 unspecified atom stereocenters. The first kappa shape index (κ1) is 16.3. The molecule has 1 amide bonds. The van der Waals surface area contributed by atoms with E-state index in [2.05, 4.69) is 29.7 Å². The standard InChI is InChI=1S/C17H30N2O2/c1-5-7-13(11-18-16(20)21-17(2,3)4)19-15-10-12-8-6-9-14(12)15/h6,9,12-15,19H,5,7-8,10-11H2,1-4H3,(H,18,20). The molecule has 2 aliphatic carbocycles. The van der Waals surface area contributed by atoms with Gasteiger partial charge in [-0.25, -0.2) is 4.79 Å². The van der Waals surface area contributed by atoms with Crippen LogP contribution < -0.4 is 10.6 Å². The normalized spacial score (nSPS) is 28.7. The molecule has 0 bridgehead atoms. The monoisotopic (exact) mass is 294 g/mol. The highest BCUT2D eigenvalue weighted by Crippen LogP contribution is 2.42. The van der Waals surface area contributed by atoms with Crippen LogP contribution in [0.2, 0.25) is 0 Å². The molecule has 0 aromatic carbocycles. The van der Waals surface area contributed by atoms with Crippen LogP contribution in [0.1, 0.15) is 53.4 Å². The highest BCUT2D eigenvalue weighted by molar-refractivity contribution is 5.67. The molecule has 4 atom stereocenters. The second-order valence-corrected chi connectivity index (χ2v) is 7.38. The number of rotatable bonds is 6. The SMILES string of the molecule is CCCC(CNC(=O)OC(C)(C)C)NC1CC2CC=CC21. The molecule has 4 nitrogen and oxygen atoms in total. The summed E-state index contributed by atoms with van der Waals surface area (Å²) >= 11 is 0. The Kier molecular flexibility index (Phi) is 5.31. The van der Waals surface area contributed by atoms with Gasteiger partial charge in [-0.3, -0.25) is 0 Å². The van der Waals surface area contributed by atoms with Crippen molar-refractivity contribution in [2.75, 3.05) is 6.54 Å². The molecule has 0 radical (unpaired) electrons. The first-order valence-corrected chi connectivity index (χ1v) is 8.28. The van der Waals surface area contributed by atoms with Crippen molar-refractivity contribution in [3.63, 3.8) is 0 Å². The Bertz CT molecular complexity index is 387. The lowest BCUT2D eigenvalue weighted by atomic mass is 9.71. The molecule has 0 aromatic rings. The van der Waals surface area contributed by atoms with Crippen molar-refractivity contribution in [3.05, 3.63) is 12.2 Å². The molecule has 1 saturated carbocycles. The van der Waals surface area contributed by atoms with E-state index in [1.54, 1.807) is 0 Å². The summed E-state index contributed by atoms with van der Waals surface area (Å²) in [6.45, 7) is 8.47. The van der Waals surface area contributed by atoms with Gasteiger partial charge in [0.05, 0.1) is 0 Å². The van der Waals surface area contributed by atoms with Gasteiger partial charge in [-0.2, -0.15) is 0 Å². The maximum absolute atomic E-state index is 11.7. The van der Waals surface area contributed by atoms with Crippen molar-refractivity contribution in [1.29, 1.82) is 0 Å². The fourth-order valence-electron chi connectivity index (χ4n) is 3.32. The molecular weight excluding hydrogens is 264 g/mol. The van der Waals surface area contributed by atoms with Gasteiger partial charge in [-0.15, -0.1) is 0 Å². The van der Waals surface area contributed by atoms with Crippen LogP contribution in [0, 0.1) is 11.8 Å². The zero-order chi connectivity index (χ0) is 15.5. The average Bonchev–Trinajstić information content (AvgIpc) is 2.72. The maximum atomic E-state index is 11.7. The lowest BCUT2D eigenvalue weighted by Crippen LogP contribution is -2.54.